The Morgan fingerprint density at radius 3 is 2.65 bits per heavy atom. The van der Waals surface area contributed by atoms with Crippen molar-refractivity contribution in [1.29, 1.82) is 0 Å². The number of fused-ring (bicyclic) bond motifs is 3. The minimum Gasteiger partial charge on any atom is -0.306 e. The van der Waals surface area contributed by atoms with Crippen molar-refractivity contribution in [2.75, 3.05) is 5.32 Å². The fraction of sp³-hybridized carbons (Fsp3) is 0.174. The highest BCUT2D eigenvalue weighted by molar-refractivity contribution is 6.07. The molecular weight excluding hydrogens is 394 g/mol. The topological polar surface area (TPSA) is 101 Å². The van der Waals surface area contributed by atoms with Gasteiger partial charge in [0.15, 0.2) is 0 Å². The summed E-state index contributed by atoms with van der Waals surface area (Å²) in [6, 6.07) is 17.1. The zero-order valence-corrected chi connectivity index (χ0v) is 16.5. The summed E-state index contributed by atoms with van der Waals surface area (Å²) < 4.78 is 0. The molecule has 1 aromatic heterocycles. The number of rotatable bonds is 3. The van der Waals surface area contributed by atoms with E-state index in [1.54, 1.807) is 12.4 Å². The van der Waals surface area contributed by atoms with Crippen LogP contribution in [0, 0.1) is 16.0 Å². The quantitative estimate of drug-likeness (QED) is 0.503. The van der Waals surface area contributed by atoms with Gasteiger partial charge in [0.05, 0.1) is 16.7 Å². The molecule has 1 aliphatic heterocycles. The Morgan fingerprint density at radius 2 is 1.90 bits per heavy atom. The fourth-order valence-corrected chi connectivity index (χ4v) is 4.36. The number of urea groups is 1. The predicted molar refractivity (Wildman–Crippen MR) is 116 cm³/mol. The van der Waals surface area contributed by atoms with Gasteiger partial charge in [0.1, 0.15) is 0 Å². The number of nitrogens with zero attached hydrogens (tertiary/aromatic N) is 4. The zero-order valence-electron chi connectivity index (χ0n) is 16.5. The van der Waals surface area contributed by atoms with E-state index in [4.69, 9.17) is 5.10 Å². The molecule has 154 valence electrons. The number of benzene rings is 2. The summed E-state index contributed by atoms with van der Waals surface area (Å²) in [4.78, 5) is 27.9. The molecular formula is C23H19N5O3. The maximum atomic E-state index is 13.2. The summed E-state index contributed by atoms with van der Waals surface area (Å²) in [6.07, 6.45) is 5.29. The van der Waals surface area contributed by atoms with Crippen LogP contribution in [0.3, 0.4) is 0 Å². The number of nitro groups is 1. The molecule has 0 spiro atoms. The molecule has 2 atom stereocenters. The van der Waals surface area contributed by atoms with Gasteiger partial charge in [0.25, 0.3) is 5.69 Å². The molecule has 2 amide bonds. The molecule has 1 N–H and O–H groups in total. The highest BCUT2D eigenvalue weighted by atomic mass is 16.6. The molecule has 0 saturated heterocycles. The maximum absolute atomic E-state index is 13.2. The molecule has 2 unspecified atom stereocenters. The average molecular weight is 413 g/mol. The first-order valence-electron chi connectivity index (χ1n) is 10.0. The minimum absolute atomic E-state index is 0.0322. The number of nitro benzene ring substituents is 1. The van der Waals surface area contributed by atoms with Crippen LogP contribution in [0.1, 0.15) is 29.2 Å². The lowest BCUT2D eigenvalue weighted by Crippen LogP contribution is -2.35. The number of hydrazone groups is 1. The fourth-order valence-electron chi connectivity index (χ4n) is 4.36. The third-order valence-electron chi connectivity index (χ3n) is 5.79. The summed E-state index contributed by atoms with van der Waals surface area (Å²) in [5, 5.41) is 19.9. The molecule has 8 nitrogen and oxygen atoms in total. The van der Waals surface area contributed by atoms with Crippen LogP contribution in [0.5, 0.6) is 0 Å². The van der Waals surface area contributed by atoms with Crippen molar-refractivity contribution < 1.29 is 9.72 Å². The van der Waals surface area contributed by atoms with Gasteiger partial charge < -0.3 is 5.32 Å². The third-order valence-corrected chi connectivity index (χ3v) is 5.79. The van der Waals surface area contributed by atoms with E-state index in [9.17, 15) is 14.9 Å². The van der Waals surface area contributed by atoms with Gasteiger partial charge in [-0.2, -0.15) is 5.10 Å². The van der Waals surface area contributed by atoms with E-state index in [-0.39, 0.29) is 23.7 Å². The van der Waals surface area contributed by atoms with Crippen LogP contribution in [0.4, 0.5) is 16.2 Å². The lowest BCUT2D eigenvalue weighted by Gasteiger charge is -2.29. The molecule has 0 bridgehead atoms. The van der Waals surface area contributed by atoms with Gasteiger partial charge in [-0.3, -0.25) is 15.1 Å². The summed E-state index contributed by atoms with van der Waals surface area (Å²) in [7, 11) is 0. The molecule has 0 saturated carbocycles. The smallest absolute Gasteiger partial charge is 0.306 e. The Bertz CT molecular complexity index is 1180. The van der Waals surface area contributed by atoms with Crippen molar-refractivity contribution in [2.24, 2.45) is 11.0 Å². The monoisotopic (exact) mass is 413 g/mol. The second-order valence-electron chi connectivity index (χ2n) is 7.60. The highest BCUT2D eigenvalue weighted by Gasteiger charge is 2.44. The average Bonchev–Trinajstić information content (AvgIpc) is 3.20. The van der Waals surface area contributed by atoms with Gasteiger partial charge in [-0.05, 0) is 42.2 Å². The summed E-state index contributed by atoms with van der Waals surface area (Å²) >= 11 is 0. The molecule has 1 aliphatic carbocycles. The maximum Gasteiger partial charge on any atom is 0.342 e. The van der Waals surface area contributed by atoms with Crippen LogP contribution in [0.2, 0.25) is 0 Å². The van der Waals surface area contributed by atoms with Crippen LogP contribution in [-0.2, 0) is 6.42 Å². The number of aromatic nitrogens is 1. The first-order chi connectivity index (χ1) is 15.1. The van der Waals surface area contributed by atoms with Crippen molar-refractivity contribution in [2.45, 2.75) is 18.9 Å². The molecule has 2 heterocycles. The lowest BCUT2D eigenvalue weighted by molar-refractivity contribution is -0.384. The number of nitrogens with one attached hydrogen (secondary N) is 1. The van der Waals surface area contributed by atoms with Crippen molar-refractivity contribution >= 4 is 23.1 Å². The first kappa shape index (κ1) is 18.9. The molecule has 5 rings (SSSR count). The normalized spacial score (nSPS) is 19.2. The highest BCUT2D eigenvalue weighted by Crippen LogP contribution is 2.43. The molecule has 3 aromatic rings. The van der Waals surface area contributed by atoms with Gasteiger partial charge in [-0.25, -0.2) is 9.80 Å². The number of pyridine rings is 1. The summed E-state index contributed by atoms with van der Waals surface area (Å²) in [5.74, 6) is 0.0710. The number of aryl methyl sites for hydroxylation is 1. The van der Waals surface area contributed by atoms with E-state index >= 15 is 0 Å². The van der Waals surface area contributed by atoms with Gasteiger partial charge in [-0.1, -0.05) is 30.3 Å². The second kappa shape index (κ2) is 7.64. The van der Waals surface area contributed by atoms with E-state index in [1.165, 1.54) is 34.8 Å². The number of non-ortho nitro benzene ring substituents is 1. The number of anilines is 1. The van der Waals surface area contributed by atoms with E-state index in [1.807, 2.05) is 24.3 Å². The standard InChI is InChI=1S/C23H19N5O3/c29-23(25-17-8-10-18(11-9-17)28(30)31)27-22(16-5-3-13-24-14-16)20-12-7-15-4-1-2-6-19(15)21(20)26-27/h1-6,8-11,13-14,20,22H,7,12H2,(H,25,29). The van der Waals surface area contributed by atoms with Gasteiger partial charge >= 0.3 is 6.03 Å². The second-order valence-corrected chi connectivity index (χ2v) is 7.60. The van der Waals surface area contributed by atoms with E-state index in [0.29, 0.717) is 5.69 Å². The van der Waals surface area contributed by atoms with Crippen LogP contribution in [0.25, 0.3) is 0 Å². The lowest BCUT2D eigenvalue weighted by atomic mass is 9.77. The minimum atomic E-state index is -0.474. The van der Waals surface area contributed by atoms with E-state index in [2.05, 4.69) is 22.4 Å². The molecule has 2 aliphatic rings. The van der Waals surface area contributed by atoms with E-state index < -0.39 is 4.92 Å². The molecule has 2 aromatic carbocycles. The number of carbonyl (C=O) groups is 1. The zero-order chi connectivity index (χ0) is 21.4. The Morgan fingerprint density at radius 1 is 1.10 bits per heavy atom. The van der Waals surface area contributed by atoms with Gasteiger partial charge in [0.2, 0.25) is 0 Å². The summed E-state index contributed by atoms with van der Waals surface area (Å²) in [5.41, 5.74) is 4.59. The van der Waals surface area contributed by atoms with Crippen LogP contribution in [-0.4, -0.2) is 26.7 Å². The Balaban J connectivity index is 1.49. The van der Waals surface area contributed by atoms with E-state index in [0.717, 1.165) is 29.7 Å². The van der Waals surface area contributed by atoms with Crippen molar-refractivity contribution in [1.82, 2.24) is 9.99 Å². The first-order valence-corrected chi connectivity index (χ1v) is 10.0. The largest absolute Gasteiger partial charge is 0.342 e. The van der Waals surface area contributed by atoms with Crippen LogP contribution >= 0.6 is 0 Å². The number of hydrogen-bond donors (Lipinski definition) is 1. The Labute approximate surface area is 178 Å². The summed E-state index contributed by atoms with van der Waals surface area (Å²) in [6.45, 7) is 0. The van der Waals surface area contributed by atoms with Crippen molar-refractivity contribution in [3.63, 3.8) is 0 Å². The number of carbonyl (C=O) groups excluding carboxylic acids is 1. The predicted octanol–water partition coefficient (Wildman–Crippen LogP) is 4.55. The molecule has 31 heavy (non-hydrogen) atoms. The third kappa shape index (κ3) is 3.42. The van der Waals surface area contributed by atoms with Crippen molar-refractivity contribution in [3.05, 3.63) is 99.9 Å². The van der Waals surface area contributed by atoms with Gasteiger partial charge in [-0.15, -0.1) is 0 Å². The van der Waals surface area contributed by atoms with Crippen LogP contribution in [0.15, 0.2) is 78.2 Å². The molecule has 0 fully saturated rings. The van der Waals surface area contributed by atoms with Crippen molar-refractivity contribution in [3.8, 4) is 0 Å². The Hall–Kier alpha value is -4.07. The van der Waals surface area contributed by atoms with Gasteiger partial charge in [0, 0.05) is 41.7 Å². The molecule has 0 radical (unpaired) electrons. The number of amides is 2. The number of hydrogen-bond acceptors (Lipinski definition) is 5. The van der Waals surface area contributed by atoms with Crippen LogP contribution < -0.4 is 5.32 Å². The Kier molecular flexibility index (Phi) is 4.66. The SMILES string of the molecule is O=C(Nc1ccc([N+](=O)[O-])cc1)N1N=C2c3ccccc3CCC2C1c1cccnc1. The molecule has 8 heteroatoms.